The molecule has 6 nitrogen and oxygen atoms in total. The molecular formula is C22H26N2O4S2. The van der Waals surface area contributed by atoms with E-state index in [1.165, 1.54) is 16.7 Å². The minimum atomic E-state index is -3.11. The first-order valence-corrected chi connectivity index (χ1v) is 12.6. The van der Waals surface area contributed by atoms with Gasteiger partial charge in [-0.2, -0.15) is 0 Å². The van der Waals surface area contributed by atoms with Crippen LogP contribution in [0.5, 0.6) is 11.5 Å². The summed E-state index contributed by atoms with van der Waals surface area (Å²) in [5, 5.41) is 0.824. The summed E-state index contributed by atoms with van der Waals surface area (Å²) in [6, 6.07) is 11.5. The Balaban J connectivity index is 1.68. The monoisotopic (exact) mass is 446 g/mol. The van der Waals surface area contributed by atoms with Crippen LogP contribution in [0.2, 0.25) is 0 Å². The molecule has 4 rings (SSSR count). The molecule has 8 heteroatoms. The van der Waals surface area contributed by atoms with E-state index in [1.54, 1.807) is 26.0 Å². The van der Waals surface area contributed by atoms with Gasteiger partial charge in [0.05, 0.1) is 43.5 Å². The number of sulfone groups is 1. The van der Waals surface area contributed by atoms with E-state index >= 15 is 0 Å². The highest BCUT2D eigenvalue weighted by Gasteiger charge is 2.47. The third-order valence-electron chi connectivity index (χ3n) is 5.69. The van der Waals surface area contributed by atoms with E-state index in [1.807, 2.05) is 23.1 Å². The van der Waals surface area contributed by atoms with Crippen LogP contribution in [0.3, 0.4) is 0 Å². The fourth-order valence-corrected chi connectivity index (χ4v) is 6.84. The number of anilines is 1. The molecular weight excluding hydrogens is 420 g/mol. The maximum atomic E-state index is 12.3. The van der Waals surface area contributed by atoms with Gasteiger partial charge in [0.2, 0.25) is 0 Å². The lowest BCUT2D eigenvalue weighted by molar-refractivity contribution is 0.403. The van der Waals surface area contributed by atoms with E-state index in [4.69, 9.17) is 14.5 Å². The fourth-order valence-electron chi connectivity index (χ4n) is 3.94. The van der Waals surface area contributed by atoms with Crippen LogP contribution in [0, 0.1) is 13.8 Å². The lowest BCUT2D eigenvalue weighted by Gasteiger charge is -2.28. The molecule has 0 aromatic heterocycles. The molecule has 1 fully saturated rings. The Morgan fingerprint density at radius 3 is 2.57 bits per heavy atom. The molecule has 2 aliphatic heterocycles. The van der Waals surface area contributed by atoms with Gasteiger partial charge in [0.1, 0.15) is 11.5 Å². The summed E-state index contributed by atoms with van der Waals surface area (Å²) >= 11 is 1.63. The Bertz CT molecular complexity index is 1100. The number of amidine groups is 1. The van der Waals surface area contributed by atoms with Gasteiger partial charge in [-0.05, 0) is 42.7 Å². The number of aliphatic imine (C=N–C) groups is 1. The van der Waals surface area contributed by atoms with Crippen LogP contribution in [0.1, 0.15) is 16.7 Å². The standard InChI is InChI=1S/C22H26N2O4S2/c1-14-5-6-16(9-15(14)2)11-29-22-23-18-12-30(25,26)13-20(18)24(22)19-10-17(27-3)7-8-21(19)28-4/h5-10,18,20H,11-13H2,1-4H3/t18-,20+/m0/s1. The van der Waals surface area contributed by atoms with E-state index in [0.717, 1.165) is 16.6 Å². The lowest BCUT2D eigenvalue weighted by Crippen LogP contribution is -2.39. The van der Waals surface area contributed by atoms with Gasteiger partial charge in [0.25, 0.3) is 0 Å². The molecule has 0 amide bonds. The lowest BCUT2D eigenvalue weighted by atomic mass is 10.1. The van der Waals surface area contributed by atoms with Gasteiger partial charge >= 0.3 is 0 Å². The highest BCUT2D eigenvalue weighted by atomic mass is 32.2. The molecule has 2 aromatic carbocycles. The summed E-state index contributed by atoms with van der Waals surface area (Å²) in [5.41, 5.74) is 4.53. The van der Waals surface area contributed by atoms with Crippen LogP contribution in [0.25, 0.3) is 0 Å². The minimum Gasteiger partial charge on any atom is -0.497 e. The predicted octanol–water partition coefficient (Wildman–Crippen LogP) is 3.60. The molecule has 0 saturated carbocycles. The molecule has 0 bridgehead atoms. The largest absolute Gasteiger partial charge is 0.497 e. The third-order valence-corrected chi connectivity index (χ3v) is 8.43. The van der Waals surface area contributed by atoms with E-state index in [0.29, 0.717) is 11.5 Å². The van der Waals surface area contributed by atoms with Crippen LogP contribution >= 0.6 is 11.8 Å². The molecule has 2 aliphatic rings. The third kappa shape index (κ3) is 4.03. The van der Waals surface area contributed by atoms with Gasteiger partial charge in [0.15, 0.2) is 15.0 Å². The second-order valence-electron chi connectivity index (χ2n) is 7.74. The summed E-state index contributed by atoms with van der Waals surface area (Å²) in [4.78, 5) is 6.85. The molecule has 0 radical (unpaired) electrons. The second-order valence-corrected chi connectivity index (χ2v) is 10.8. The Morgan fingerprint density at radius 2 is 1.87 bits per heavy atom. The van der Waals surface area contributed by atoms with Crippen molar-refractivity contribution in [1.29, 1.82) is 0 Å². The van der Waals surface area contributed by atoms with Gasteiger partial charge in [0, 0.05) is 11.8 Å². The molecule has 30 heavy (non-hydrogen) atoms. The number of aryl methyl sites for hydroxylation is 2. The highest BCUT2D eigenvalue weighted by Crippen LogP contribution is 2.41. The van der Waals surface area contributed by atoms with E-state index in [-0.39, 0.29) is 23.6 Å². The van der Waals surface area contributed by atoms with Gasteiger partial charge < -0.3 is 14.4 Å². The SMILES string of the molecule is COc1ccc(OC)c(N2C(SCc3ccc(C)c(C)c3)=N[C@H]3CS(=O)(=O)C[C@H]32)c1. The predicted molar refractivity (Wildman–Crippen MR) is 123 cm³/mol. The maximum Gasteiger partial charge on any atom is 0.164 e. The van der Waals surface area contributed by atoms with E-state index < -0.39 is 9.84 Å². The molecule has 0 N–H and O–H groups in total. The van der Waals surface area contributed by atoms with Crippen molar-refractivity contribution in [3.05, 3.63) is 53.1 Å². The number of methoxy groups -OCH3 is 2. The zero-order chi connectivity index (χ0) is 21.5. The Hall–Kier alpha value is -2.19. The maximum absolute atomic E-state index is 12.3. The highest BCUT2D eigenvalue weighted by molar-refractivity contribution is 8.13. The zero-order valence-electron chi connectivity index (χ0n) is 17.6. The van der Waals surface area contributed by atoms with Crippen molar-refractivity contribution in [2.45, 2.75) is 31.7 Å². The fraction of sp³-hybridized carbons (Fsp3) is 0.409. The van der Waals surface area contributed by atoms with Crippen LogP contribution in [-0.2, 0) is 15.6 Å². The van der Waals surface area contributed by atoms with E-state index in [9.17, 15) is 8.42 Å². The number of rotatable bonds is 5. The number of nitrogens with zero attached hydrogens (tertiary/aromatic N) is 2. The van der Waals surface area contributed by atoms with Gasteiger partial charge in [-0.15, -0.1) is 0 Å². The second kappa shape index (κ2) is 8.15. The molecule has 0 unspecified atom stereocenters. The van der Waals surface area contributed by atoms with E-state index in [2.05, 4.69) is 32.0 Å². The van der Waals surface area contributed by atoms with Crippen LogP contribution in [-0.4, -0.2) is 51.4 Å². The summed E-state index contributed by atoms with van der Waals surface area (Å²) in [6.07, 6.45) is 0. The first-order valence-electron chi connectivity index (χ1n) is 9.79. The average molecular weight is 447 g/mol. The van der Waals surface area contributed by atoms with Gasteiger partial charge in [-0.3, -0.25) is 4.99 Å². The molecule has 160 valence electrons. The number of fused-ring (bicyclic) bond motifs is 1. The summed E-state index contributed by atoms with van der Waals surface area (Å²) < 4.78 is 35.6. The normalized spacial score (nSPS) is 22.0. The molecule has 1 saturated heterocycles. The average Bonchev–Trinajstić information content (AvgIpc) is 3.19. The zero-order valence-corrected chi connectivity index (χ0v) is 19.2. The van der Waals surface area contributed by atoms with Gasteiger partial charge in [-0.1, -0.05) is 30.0 Å². The van der Waals surface area contributed by atoms with Crippen LogP contribution in [0.4, 0.5) is 5.69 Å². The molecule has 2 atom stereocenters. The quantitative estimate of drug-likeness (QED) is 0.699. The molecule has 0 spiro atoms. The topological polar surface area (TPSA) is 68.2 Å². The number of hydrogen-bond acceptors (Lipinski definition) is 7. The summed E-state index contributed by atoms with van der Waals surface area (Å²) in [5.74, 6) is 2.30. The van der Waals surface area contributed by atoms with Crippen molar-refractivity contribution in [2.75, 3.05) is 30.6 Å². The van der Waals surface area contributed by atoms with Crippen LogP contribution < -0.4 is 14.4 Å². The first-order chi connectivity index (χ1) is 14.3. The van der Waals surface area contributed by atoms with Crippen molar-refractivity contribution >= 4 is 32.5 Å². The van der Waals surface area contributed by atoms with Crippen molar-refractivity contribution in [2.24, 2.45) is 4.99 Å². The summed E-state index contributed by atoms with van der Waals surface area (Å²) in [6.45, 7) is 4.21. The number of benzene rings is 2. The smallest absolute Gasteiger partial charge is 0.164 e. The Morgan fingerprint density at radius 1 is 1.07 bits per heavy atom. The minimum absolute atomic E-state index is 0.0914. The molecule has 2 heterocycles. The summed E-state index contributed by atoms with van der Waals surface area (Å²) in [7, 11) is 0.115. The molecule has 2 aromatic rings. The van der Waals surface area contributed by atoms with Crippen molar-refractivity contribution in [3.63, 3.8) is 0 Å². The Kier molecular flexibility index (Phi) is 5.72. The van der Waals surface area contributed by atoms with Crippen molar-refractivity contribution in [3.8, 4) is 11.5 Å². The van der Waals surface area contributed by atoms with Gasteiger partial charge in [-0.25, -0.2) is 8.42 Å². The van der Waals surface area contributed by atoms with Crippen molar-refractivity contribution in [1.82, 2.24) is 0 Å². The Labute approximate surface area is 182 Å². The van der Waals surface area contributed by atoms with Crippen LogP contribution in [0.15, 0.2) is 41.4 Å². The van der Waals surface area contributed by atoms with Crippen molar-refractivity contribution < 1.29 is 17.9 Å². The number of thioether (sulfide) groups is 1. The number of ether oxygens (including phenoxy) is 2. The molecule has 0 aliphatic carbocycles. The number of hydrogen-bond donors (Lipinski definition) is 0. The first kappa shape index (κ1) is 21.1.